The number of hydrogen-bond acceptors (Lipinski definition) is 4. The Morgan fingerprint density at radius 2 is 1.78 bits per heavy atom. The van der Waals surface area contributed by atoms with E-state index in [1.54, 1.807) is 0 Å². The Kier molecular flexibility index (Phi) is 7.58. The van der Waals surface area contributed by atoms with E-state index in [1.165, 1.54) is 0 Å². The van der Waals surface area contributed by atoms with Gasteiger partial charge in [-0.05, 0) is 25.9 Å². The number of nitrogens with one attached hydrogen (secondary N) is 1. The number of amides is 2. The zero-order valence-corrected chi connectivity index (χ0v) is 15.5. The largest absolute Gasteiger partial charge is 0.342 e. The maximum atomic E-state index is 12.6. The smallest absolute Gasteiger partial charge is 0.228 e. The van der Waals surface area contributed by atoms with Crippen molar-refractivity contribution in [3.63, 3.8) is 0 Å². The molecule has 0 radical (unpaired) electrons. The highest BCUT2D eigenvalue weighted by Gasteiger charge is 2.42. The molecule has 3 fully saturated rings. The molecule has 0 aliphatic carbocycles. The van der Waals surface area contributed by atoms with Crippen molar-refractivity contribution in [1.82, 2.24) is 20.0 Å². The molecule has 2 amide bonds. The Morgan fingerprint density at radius 1 is 1.17 bits per heavy atom. The van der Waals surface area contributed by atoms with Gasteiger partial charge in [0.25, 0.3) is 0 Å². The Labute approximate surface area is 150 Å². The fourth-order valence-electron chi connectivity index (χ4n) is 3.77. The first-order valence-electron chi connectivity index (χ1n) is 7.96. The number of likely N-dealkylation sites (N-methyl/N-ethyl adjacent to an activating group) is 1. The number of nitrogens with zero attached hydrogens (tertiary/aromatic N) is 3. The molecule has 1 N–H and O–H groups in total. The van der Waals surface area contributed by atoms with E-state index in [0.717, 1.165) is 39.3 Å². The number of likely N-dealkylation sites (tertiary alicyclic amines) is 2. The van der Waals surface area contributed by atoms with Gasteiger partial charge in [0.15, 0.2) is 0 Å². The van der Waals surface area contributed by atoms with Crippen LogP contribution in [0.5, 0.6) is 0 Å². The van der Waals surface area contributed by atoms with Gasteiger partial charge in [-0.2, -0.15) is 0 Å². The summed E-state index contributed by atoms with van der Waals surface area (Å²) in [6.45, 7) is 6.00. The molecule has 0 spiro atoms. The summed E-state index contributed by atoms with van der Waals surface area (Å²) in [5.74, 6) is 1.46. The monoisotopic (exact) mass is 366 g/mol. The van der Waals surface area contributed by atoms with Gasteiger partial charge in [-0.25, -0.2) is 0 Å². The van der Waals surface area contributed by atoms with Crippen molar-refractivity contribution in [1.29, 1.82) is 0 Å². The van der Waals surface area contributed by atoms with Crippen LogP contribution in [0.2, 0.25) is 0 Å². The fourth-order valence-corrected chi connectivity index (χ4v) is 3.77. The highest BCUT2D eigenvalue weighted by Crippen LogP contribution is 2.29. The summed E-state index contributed by atoms with van der Waals surface area (Å²) in [4.78, 5) is 30.6. The van der Waals surface area contributed by atoms with Crippen LogP contribution < -0.4 is 5.32 Å². The third kappa shape index (κ3) is 4.50. The van der Waals surface area contributed by atoms with Gasteiger partial charge < -0.3 is 20.0 Å². The predicted octanol–water partition coefficient (Wildman–Crippen LogP) is -0.0821. The zero-order chi connectivity index (χ0) is 15.0. The molecule has 3 atom stereocenters. The van der Waals surface area contributed by atoms with E-state index in [4.69, 9.17) is 0 Å². The molecule has 3 aliphatic heterocycles. The molecule has 134 valence electrons. The number of halogens is 2. The van der Waals surface area contributed by atoms with Crippen molar-refractivity contribution in [3.8, 4) is 0 Å². The Bertz CT molecular complexity index is 424. The number of rotatable bonds is 4. The normalized spacial score (nSPS) is 29.5. The number of hydrogen-bond donors (Lipinski definition) is 1. The van der Waals surface area contributed by atoms with Gasteiger partial charge in [0.2, 0.25) is 11.8 Å². The van der Waals surface area contributed by atoms with Crippen LogP contribution in [0.25, 0.3) is 0 Å². The maximum Gasteiger partial charge on any atom is 0.228 e. The topological polar surface area (TPSA) is 55.9 Å². The standard InChI is InChI=1S/C15H26N4O2.2ClH/c1-17(2)3-4-18-8-11(5-14(18)20)15(21)19-9-12-6-16-7-13(12)10-19;;/h11-13,16H,3-10H2,1-2H3;2*1H/t11?,12-,13+;;. The van der Waals surface area contributed by atoms with Crippen LogP contribution in [0, 0.1) is 17.8 Å². The number of carbonyl (C=O) groups excluding carboxylic acids is 2. The van der Waals surface area contributed by atoms with Crippen LogP contribution in [0.1, 0.15) is 6.42 Å². The van der Waals surface area contributed by atoms with E-state index >= 15 is 0 Å². The zero-order valence-electron chi connectivity index (χ0n) is 13.9. The van der Waals surface area contributed by atoms with E-state index < -0.39 is 0 Å². The van der Waals surface area contributed by atoms with Crippen LogP contribution in [0.3, 0.4) is 0 Å². The second kappa shape index (κ2) is 8.51. The lowest BCUT2D eigenvalue weighted by Gasteiger charge is -2.22. The van der Waals surface area contributed by atoms with Gasteiger partial charge in [-0.3, -0.25) is 9.59 Å². The third-order valence-corrected chi connectivity index (χ3v) is 5.08. The summed E-state index contributed by atoms with van der Waals surface area (Å²) in [5.41, 5.74) is 0. The van der Waals surface area contributed by atoms with E-state index in [0.29, 0.717) is 24.8 Å². The summed E-state index contributed by atoms with van der Waals surface area (Å²) in [6.07, 6.45) is 0.399. The van der Waals surface area contributed by atoms with Crippen LogP contribution in [-0.4, -0.2) is 86.4 Å². The third-order valence-electron chi connectivity index (χ3n) is 5.08. The first-order valence-corrected chi connectivity index (χ1v) is 7.96. The van der Waals surface area contributed by atoms with Gasteiger partial charge in [-0.1, -0.05) is 0 Å². The second-order valence-electron chi connectivity index (χ2n) is 6.97. The average molecular weight is 367 g/mol. The van der Waals surface area contributed by atoms with Gasteiger partial charge in [-0.15, -0.1) is 24.8 Å². The highest BCUT2D eigenvalue weighted by molar-refractivity contribution is 5.89. The van der Waals surface area contributed by atoms with E-state index in [2.05, 4.69) is 10.2 Å². The molecule has 3 aliphatic rings. The minimum atomic E-state index is -0.119. The molecular weight excluding hydrogens is 339 g/mol. The van der Waals surface area contributed by atoms with E-state index in [-0.39, 0.29) is 42.5 Å². The van der Waals surface area contributed by atoms with Crippen molar-refractivity contribution >= 4 is 36.6 Å². The van der Waals surface area contributed by atoms with Crippen molar-refractivity contribution < 1.29 is 9.59 Å². The molecule has 8 heteroatoms. The lowest BCUT2D eigenvalue weighted by Crippen LogP contribution is -2.38. The Hall–Kier alpha value is -0.560. The van der Waals surface area contributed by atoms with Gasteiger partial charge in [0.05, 0.1) is 5.92 Å². The SMILES string of the molecule is CN(C)CCN1CC(C(=O)N2C[C@H]3CNC[C@H]3C2)CC1=O.Cl.Cl. The molecule has 23 heavy (non-hydrogen) atoms. The minimum Gasteiger partial charge on any atom is -0.342 e. The van der Waals surface area contributed by atoms with Gasteiger partial charge >= 0.3 is 0 Å². The molecule has 3 rings (SSSR count). The van der Waals surface area contributed by atoms with Crippen molar-refractivity contribution in [3.05, 3.63) is 0 Å². The van der Waals surface area contributed by atoms with E-state index in [1.807, 2.05) is 23.9 Å². The summed E-state index contributed by atoms with van der Waals surface area (Å²) >= 11 is 0. The molecule has 0 aromatic carbocycles. The van der Waals surface area contributed by atoms with Crippen LogP contribution in [0.4, 0.5) is 0 Å². The second-order valence-corrected chi connectivity index (χ2v) is 6.97. The van der Waals surface area contributed by atoms with Crippen LogP contribution in [0.15, 0.2) is 0 Å². The van der Waals surface area contributed by atoms with Crippen molar-refractivity contribution in [2.75, 3.05) is 59.9 Å². The first kappa shape index (κ1) is 20.5. The molecule has 0 aromatic rings. The van der Waals surface area contributed by atoms with Gasteiger partial charge in [0, 0.05) is 52.2 Å². The lowest BCUT2D eigenvalue weighted by atomic mass is 10.0. The lowest BCUT2D eigenvalue weighted by molar-refractivity contribution is -0.135. The highest BCUT2D eigenvalue weighted by atomic mass is 35.5. The van der Waals surface area contributed by atoms with Gasteiger partial charge in [0.1, 0.15) is 0 Å². The Balaban J connectivity index is 0.00000132. The average Bonchev–Trinajstić information content (AvgIpc) is 3.09. The summed E-state index contributed by atoms with van der Waals surface area (Å²) in [6, 6.07) is 0. The summed E-state index contributed by atoms with van der Waals surface area (Å²) in [5, 5.41) is 3.39. The molecular formula is C15H28Cl2N4O2. The molecule has 1 unspecified atom stereocenters. The van der Waals surface area contributed by atoms with Crippen molar-refractivity contribution in [2.24, 2.45) is 17.8 Å². The molecule has 3 heterocycles. The summed E-state index contributed by atoms with van der Waals surface area (Å²) in [7, 11) is 4.00. The molecule has 0 saturated carbocycles. The number of carbonyl (C=O) groups is 2. The fraction of sp³-hybridized carbons (Fsp3) is 0.867. The predicted molar refractivity (Wildman–Crippen MR) is 94.2 cm³/mol. The quantitative estimate of drug-likeness (QED) is 0.755. The Morgan fingerprint density at radius 3 is 2.35 bits per heavy atom. The molecule has 0 bridgehead atoms. The van der Waals surface area contributed by atoms with Crippen LogP contribution in [-0.2, 0) is 9.59 Å². The maximum absolute atomic E-state index is 12.6. The number of fused-ring (bicyclic) bond motifs is 1. The van der Waals surface area contributed by atoms with E-state index in [9.17, 15) is 9.59 Å². The molecule has 3 saturated heterocycles. The molecule has 0 aromatic heterocycles. The summed E-state index contributed by atoms with van der Waals surface area (Å²) < 4.78 is 0. The van der Waals surface area contributed by atoms with Crippen LogP contribution >= 0.6 is 24.8 Å². The van der Waals surface area contributed by atoms with Crippen molar-refractivity contribution in [2.45, 2.75) is 6.42 Å². The first-order chi connectivity index (χ1) is 10.0. The minimum absolute atomic E-state index is 0. The molecule has 6 nitrogen and oxygen atoms in total.